The molecule has 0 aliphatic rings. The van der Waals surface area contributed by atoms with Gasteiger partial charge in [0.05, 0.1) is 45.1 Å². The number of hydrogen-bond donors (Lipinski definition) is 2. The number of para-hydroxylation sites is 2. The van der Waals surface area contributed by atoms with Crippen molar-refractivity contribution in [2.75, 3.05) is 11.0 Å². The number of aromatic hydroxyl groups is 1. The molecule has 0 saturated carbocycles. The molecular weight excluding hydrogens is 742 g/mol. The first-order valence-electron chi connectivity index (χ1n) is 17.7. The Morgan fingerprint density at radius 2 is 1.19 bits per heavy atom. The van der Waals surface area contributed by atoms with Gasteiger partial charge in [-0.2, -0.15) is 0 Å². The summed E-state index contributed by atoms with van der Waals surface area (Å²) in [5.41, 5.74) is 4.01. The molecule has 280 valence electrons. The van der Waals surface area contributed by atoms with Crippen LogP contribution in [0.4, 0.5) is 10.1 Å². The maximum atomic E-state index is 14.2. The predicted molar refractivity (Wildman–Crippen MR) is 225 cm³/mol. The van der Waals surface area contributed by atoms with E-state index in [0.717, 1.165) is 11.8 Å². The van der Waals surface area contributed by atoms with Crippen LogP contribution in [0.15, 0.2) is 149 Å². The Bertz CT molecular complexity index is 3160. The molecule has 0 aliphatic carbocycles. The van der Waals surface area contributed by atoms with Crippen molar-refractivity contribution in [2.45, 2.75) is 0 Å². The number of halogens is 1. The first-order valence-corrected chi connectivity index (χ1v) is 19.6. The summed E-state index contributed by atoms with van der Waals surface area (Å²) in [7, 11) is -3.74. The Morgan fingerprint density at radius 1 is 0.596 bits per heavy atom. The van der Waals surface area contributed by atoms with E-state index in [4.69, 9.17) is 9.97 Å². The Hall–Kier alpha value is -7.44. The van der Waals surface area contributed by atoms with Gasteiger partial charge in [0, 0.05) is 6.07 Å². The fraction of sp³-hybridized carbons (Fsp3) is 0.0222. The molecule has 0 aliphatic heterocycles. The lowest BCUT2D eigenvalue weighted by atomic mass is 10.0. The number of aromatic nitrogens is 4. The SMILES string of the molecule is CS(=O)(=O)Nc1cc(-c2cccc(C=Cc3nc4ccccc4c(=O)n3-c3cccc(O)c3)c2)cc(-n2c(C=Cc3ccc(F)cc3)nc3ccccc3c2=O)c1. The number of sulfonamides is 1. The van der Waals surface area contributed by atoms with Gasteiger partial charge in [-0.25, -0.2) is 22.8 Å². The topological polar surface area (TPSA) is 136 Å². The molecule has 2 aromatic heterocycles. The number of nitrogens with zero attached hydrogens (tertiary/aromatic N) is 4. The fourth-order valence-corrected chi connectivity index (χ4v) is 7.12. The number of phenols is 1. The Labute approximate surface area is 325 Å². The van der Waals surface area contributed by atoms with Gasteiger partial charge in [-0.15, -0.1) is 0 Å². The summed E-state index contributed by atoms with van der Waals surface area (Å²) in [4.78, 5) is 37.5. The van der Waals surface area contributed by atoms with Crippen molar-refractivity contribution in [1.82, 2.24) is 19.1 Å². The van der Waals surface area contributed by atoms with Gasteiger partial charge in [-0.05, 0) is 107 Å². The third-order valence-corrected chi connectivity index (χ3v) is 9.72. The molecule has 0 spiro atoms. The van der Waals surface area contributed by atoms with E-state index in [1.165, 1.54) is 33.4 Å². The smallest absolute Gasteiger partial charge is 0.266 e. The van der Waals surface area contributed by atoms with Crippen molar-refractivity contribution in [3.05, 3.63) is 189 Å². The third kappa shape index (κ3) is 7.88. The number of rotatable bonds is 9. The van der Waals surface area contributed by atoms with Crippen LogP contribution in [0.2, 0.25) is 0 Å². The minimum absolute atomic E-state index is 0.0000858. The van der Waals surface area contributed by atoms with Crippen LogP contribution in [-0.2, 0) is 10.0 Å². The first-order chi connectivity index (χ1) is 27.5. The van der Waals surface area contributed by atoms with Crippen LogP contribution < -0.4 is 15.8 Å². The number of benzene rings is 6. The predicted octanol–water partition coefficient (Wildman–Crippen LogP) is 8.31. The quantitative estimate of drug-likeness (QED) is 0.151. The lowest BCUT2D eigenvalue weighted by Crippen LogP contribution is -2.22. The van der Waals surface area contributed by atoms with Crippen molar-refractivity contribution in [2.24, 2.45) is 0 Å². The van der Waals surface area contributed by atoms with E-state index in [1.54, 1.807) is 115 Å². The molecule has 6 aromatic carbocycles. The molecule has 0 radical (unpaired) electrons. The zero-order chi connectivity index (χ0) is 39.7. The van der Waals surface area contributed by atoms with Gasteiger partial charge in [0.2, 0.25) is 10.0 Å². The Balaban J connectivity index is 1.26. The highest BCUT2D eigenvalue weighted by Crippen LogP contribution is 2.30. The van der Waals surface area contributed by atoms with E-state index in [9.17, 15) is 27.5 Å². The number of anilines is 1. The third-order valence-electron chi connectivity index (χ3n) is 9.11. The second-order valence-corrected chi connectivity index (χ2v) is 15.0. The molecule has 12 heteroatoms. The zero-order valence-corrected chi connectivity index (χ0v) is 31.1. The molecular formula is C45H32FN5O5S. The zero-order valence-electron chi connectivity index (χ0n) is 30.2. The van der Waals surface area contributed by atoms with Crippen LogP contribution in [0.5, 0.6) is 5.75 Å². The van der Waals surface area contributed by atoms with Gasteiger partial charge in [-0.1, -0.05) is 72.8 Å². The largest absolute Gasteiger partial charge is 0.508 e. The van der Waals surface area contributed by atoms with E-state index < -0.39 is 10.0 Å². The van der Waals surface area contributed by atoms with Gasteiger partial charge in [-0.3, -0.25) is 23.4 Å². The molecule has 0 saturated heterocycles. The summed E-state index contributed by atoms with van der Waals surface area (Å²) in [5, 5.41) is 11.0. The molecule has 8 aromatic rings. The second-order valence-electron chi connectivity index (χ2n) is 13.3. The van der Waals surface area contributed by atoms with Gasteiger partial charge in [0.25, 0.3) is 11.1 Å². The van der Waals surface area contributed by atoms with Crippen molar-refractivity contribution in [3.8, 4) is 28.3 Å². The lowest BCUT2D eigenvalue weighted by Gasteiger charge is -2.16. The van der Waals surface area contributed by atoms with E-state index >= 15 is 0 Å². The molecule has 57 heavy (non-hydrogen) atoms. The van der Waals surface area contributed by atoms with Gasteiger partial charge in [0.15, 0.2) is 0 Å². The summed E-state index contributed by atoms with van der Waals surface area (Å²) in [6, 6.07) is 38.7. The summed E-state index contributed by atoms with van der Waals surface area (Å²) >= 11 is 0. The summed E-state index contributed by atoms with van der Waals surface area (Å²) < 4.78 is 44.1. The molecule has 0 atom stereocenters. The molecule has 0 amide bonds. The lowest BCUT2D eigenvalue weighted by molar-refractivity contribution is 0.475. The van der Waals surface area contributed by atoms with E-state index in [1.807, 2.05) is 24.3 Å². The van der Waals surface area contributed by atoms with Crippen LogP contribution in [0.1, 0.15) is 22.8 Å². The van der Waals surface area contributed by atoms with Crippen molar-refractivity contribution in [1.29, 1.82) is 0 Å². The van der Waals surface area contributed by atoms with Crippen molar-refractivity contribution < 1.29 is 17.9 Å². The Kier molecular flexibility index (Phi) is 9.62. The molecule has 2 N–H and O–H groups in total. The highest BCUT2D eigenvalue weighted by atomic mass is 32.2. The van der Waals surface area contributed by atoms with Gasteiger partial charge in [0.1, 0.15) is 23.2 Å². The van der Waals surface area contributed by atoms with E-state index in [2.05, 4.69) is 4.72 Å². The maximum Gasteiger partial charge on any atom is 0.266 e. The summed E-state index contributed by atoms with van der Waals surface area (Å²) in [6.07, 6.45) is 7.92. The van der Waals surface area contributed by atoms with E-state index in [-0.39, 0.29) is 34.2 Å². The van der Waals surface area contributed by atoms with Crippen LogP contribution in [-0.4, -0.2) is 38.9 Å². The molecule has 10 nitrogen and oxygen atoms in total. The average Bonchev–Trinajstić information content (AvgIpc) is 3.19. The van der Waals surface area contributed by atoms with Crippen LogP contribution in [0, 0.1) is 5.82 Å². The van der Waals surface area contributed by atoms with Crippen LogP contribution >= 0.6 is 0 Å². The van der Waals surface area contributed by atoms with Crippen LogP contribution in [0.3, 0.4) is 0 Å². The number of hydrogen-bond acceptors (Lipinski definition) is 7. The fourth-order valence-electron chi connectivity index (χ4n) is 6.57. The highest BCUT2D eigenvalue weighted by Gasteiger charge is 2.16. The maximum absolute atomic E-state index is 14.2. The van der Waals surface area contributed by atoms with E-state index in [0.29, 0.717) is 55.7 Å². The Morgan fingerprint density at radius 3 is 1.82 bits per heavy atom. The summed E-state index contributed by atoms with van der Waals surface area (Å²) in [5.74, 6) is 0.220. The minimum atomic E-state index is -3.74. The summed E-state index contributed by atoms with van der Waals surface area (Å²) in [6.45, 7) is 0. The van der Waals surface area contributed by atoms with Crippen molar-refractivity contribution in [3.63, 3.8) is 0 Å². The van der Waals surface area contributed by atoms with Gasteiger partial charge < -0.3 is 5.11 Å². The normalized spacial score (nSPS) is 11.9. The molecule has 8 rings (SSSR count). The first kappa shape index (κ1) is 36.5. The highest BCUT2D eigenvalue weighted by molar-refractivity contribution is 7.92. The van der Waals surface area contributed by atoms with Crippen LogP contribution in [0.25, 0.3) is 68.6 Å². The molecule has 0 bridgehead atoms. The molecule has 2 heterocycles. The standard InChI is InChI=1S/C45H32FN5O5S/c1-57(55,56)49-34-25-32(26-36(27-34)51-43(22-18-29-16-20-33(46)21-17-29)48-41-15-5-3-13-39(41)45(51)54)31-9-6-8-30(24-31)19-23-42-47-40-14-4-2-12-38(40)44(53)50(42)35-10-7-11-37(52)28-35/h2-28,49,52H,1H3. The molecule has 0 unspecified atom stereocenters. The second kappa shape index (κ2) is 15.0. The van der Waals surface area contributed by atoms with Crippen molar-refractivity contribution >= 4 is 61.8 Å². The molecule has 0 fully saturated rings. The number of nitrogens with one attached hydrogen (secondary N) is 1. The van der Waals surface area contributed by atoms with Gasteiger partial charge >= 0.3 is 0 Å². The average molecular weight is 774 g/mol. The number of phenolic OH excluding ortho intramolecular Hbond substituents is 1. The monoisotopic (exact) mass is 773 g/mol. The minimum Gasteiger partial charge on any atom is -0.508 e. The number of fused-ring (bicyclic) bond motifs is 2.